The van der Waals surface area contributed by atoms with Crippen molar-refractivity contribution < 1.29 is 19.0 Å². The molecule has 1 amide bonds. The van der Waals surface area contributed by atoms with E-state index in [2.05, 4.69) is 24.5 Å². The van der Waals surface area contributed by atoms with Crippen LogP contribution < -0.4 is 24.8 Å². The zero-order valence-electron chi connectivity index (χ0n) is 18.7. The second-order valence-corrected chi connectivity index (χ2v) is 8.06. The zero-order valence-corrected chi connectivity index (χ0v) is 19.6. The Morgan fingerprint density at radius 1 is 0.848 bits per heavy atom. The van der Waals surface area contributed by atoms with Gasteiger partial charge < -0.3 is 19.5 Å². The van der Waals surface area contributed by atoms with Gasteiger partial charge in [0.1, 0.15) is 30.5 Å². The van der Waals surface area contributed by atoms with Gasteiger partial charge in [0.25, 0.3) is 5.91 Å². The van der Waals surface area contributed by atoms with Crippen LogP contribution in [0.1, 0.15) is 24.2 Å². The molecule has 0 unspecified atom stereocenters. The highest BCUT2D eigenvalue weighted by Crippen LogP contribution is 2.20. The fourth-order valence-corrected chi connectivity index (χ4v) is 3.08. The third-order valence-corrected chi connectivity index (χ3v) is 4.59. The first-order valence-corrected chi connectivity index (χ1v) is 11.2. The number of thiocarbonyl (C=S) groups is 1. The topological polar surface area (TPSA) is 68.8 Å². The van der Waals surface area contributed by atoms with Crippen LogP contribution in [0.4, 0.5) is 5.69 Å². The van der Waals surface area contributed by atoms with Crippen molar-refractivity contribution in [3.8, 4) is 17.2 Å². The van der Waals surface area contributed by atoms with Crippen molar-refractivity contribution in [2.24, 2.45) is 5.92 Å². The van der Waals surface area contributed by atoms with Gasteiger partial charge >= 0.3 is 0 Å². The summed E-state index contributed by atoms with van der Waals surface area (Å²) in [5.41, 5.74) is 1.13. The highest BCUT2D eigenvalue weighted by molar-refractivity contribution is 7.80. The molecule has 6 nitrogen and oxygen atoms in total. The molecule has 7 heteroatoms. The van der Waals surface area contributed by atoms with Crippen LogP contribution in [0.15, 0.2) is 78.9 Å². The second-order valence-electron chi connectivity index (χ2n) is 7.65. The average molecular weight is 465 g/mol. The minimum atomic E-state index is -0.336. The Kier molecular flexibility index (Phi) is 9.08. The summed E-state index contributed by atoms with van der Waals surface area (Å²) in [5.74, 6) is 2.01. The predicted octanol–water partition coefficient (Wildman–Crippen LogP) is 5.31. The first-order chi connectivity index (χ1) is 16.0. The molecule has 0 saturated carbocycles. The first-order valence-electron chi connectivity index (χ1n) is 10.8. The van der Waals surface area contributed by atoms with Crippen molar-refractivity contribution in [2.45, 2.75) is 13.8 Å². The third kappa shape index (κ3) is 8.12. The molecule has 0 spiro atoms. The summed E-state index contributed by atoms with van der Waals surface area (Å²) >= 11 is 5.32. The summed E-state index contributed by atoms with van der Waals surface area (Å²) in [7, 11) is 0. The molecule has 0 aliphatic carbocycles. The number of para-hydroxylation sites is 2. The Hall–Kier alpha value is -3.58. The largest absolute Gasteiger partial charge is 0.492 e. The maximum Gasteiger partial charge on any atom is 0.261 e. The number of anilines is 1. The minimum absolute atomic E-state index is 0.184. The number of hydrogen-bond acceptors (Lipinski definition) is 5. The van der Waals surface area contributed by atoms with Crippen molar-refractivity contribution in [1.82, 2.24) is 5.32 Å². The predicted molar refractivity (Wildman–Crippen MR) is 134 cm³/mol. The van der Waals surface area contributed by atoms with Crippen molar-refractivity contribution in [2.75, 3.05) is 25.1 Å². The summed E-state index contributed by atoms with van der Waals surface area (Å²) in [4.78, 5) is 12.7. The molecule has 172 valence electrons. The third-order valence-electron chi connectivity index (χ3n) is 4.39. The molecule has 0 aliphatic rings. The van der Waals surface area contributed by atoms with Gasteiger partial charge in [-0.2, -0.15) is 0 Å². The van der Waals surface area contributed by atoms with Crippen LogP contribution in [-0.4, -0.2) is 30.8 Å². The number of carbonyl (C=O) groups is 1. The smallest absolute Gasteiger partial charge is 0.261 e. The summed E-state index contributed by atoms with van der Waals surface area (Å²) in [6, 6.07) is 24.0. The highest BCUT2D eigenvalue weighted by Gasteiger charge is 2.14. The fourth-order valence-electron chi connectivity index (χ4n) is 2.87. The van der Waals surface area contributed by atoms with Crippen LogP contribution >= 0.6 is 12.2 Å². The lowest BCUT2D eigenvalue weighted by Gasteiger charge is -2.14. The van der Waals surface area contributed by atoms with Gasteiger partial charge in [-0.3, -0.25) is 10.1 Å². The number of nitrogens with one attached hydrogen (secondary N) is 2. The lowest BCUT2D eigenvalue weighted by atomic mass is 10.2. The molecule has 0 radical (unpaired) electrons. The van der Waals surface area contributed by atoms with E-state index in [1.807, 2.05) is 54.6 Å². The van der Waals surface area contributed by atoms with Gasteiger partial charge in [0.05, 0.1) is 12.2 Å². The van der Waals surface area contributed by atoms with Gasteiger partial charge in [-0.25, -0.2) is 0 Å². The quantitative estimate of drug-likeness (QED) is 0.313. The number of amides is 1. The molecule has 0 bridgehead atoms. The molecule has 3 aromatic rings. The van der Waals surface area contributed by atoms with Crippen molar-refractivity contribution in [3.63, 3.8) is 0 Å². The van der Waals surface area contributed by atoms with Gasteiger partial charge in [-0.05, 0) is 54.5 Å². The van der Waals surface area contributed by atoms with E-state index in [4.69, 9.17) is 26.4 Å². The summed E-state index contributed by atoms with van der Waals surface area (Å²) in [5, 5.41) is 5.90. The molecule has 3 rings (SSSR count). The normalized spacial score (nSPS) is 10.4. The number of ether oxygens (including phenoxy) is 3. The number of rotatable bonds is 10. The molecule has 0 atom stereocenters. The van der Waals surface area contributed by atoms with Crippen LogP contribution in [-0.2, 0) is 0 Å². The molecule has 0 saturated heterocycles. The standard InChI is InChI=1S/C26H28N2O4S/c1-19(2)18-32-24-14-7-6-13-23(24)25(29)28-26(33)27-20-9-8-12-22(17-20)31-16-15-30-21-10-4-3-5-11-21/h3-14,17,19H,15-16,18H2,1-2H3,(H2,27,28,29,33). The zero-order chi connectivity index (χ0) is 23.5. The monoisotopic (exact) mass is 464 g/mol. The maximum atomic E-state index is 12.7. The molecule has 0 aliphatic heterocycles. The molecule has 2 N–H and O–H groups in total. The Bertz CT molecular complexity index is 1060. The molecule has 0 aromatic heterocycles. The molecular weight excluding hydrogens is 436 g/mol. The summed E-state index contributed by atoms with van der Waals surface area (Å²) < 4.78 is 17.1. The number of hydrogen-bond donors (Lipinski definition) is 2. The van der Waals surface area contributed by atoms with E-state index in [9.17, 15) is 4.79 Å². The van der Waals surface area contributed by atoms with Crippen LogP contribution in [0.3, 0.4) is 0 Å². The molecule has 0 fully saturated rings. The van der Waals surface area contributed by atoms with E-state index >= 15 is 0 Å². The van der Waals surface area contributed by atoms with Gasteiger partial charge in [-0.15, -0.1) is 0 Å². The summed E-state index contributed by atoms with van der Waals surface area (Å²) in [6.07, 6.45) is 0. The maximum absolute atomic E-state index is 12.7. The first kappa shape index (κ1) is 24.1. The average Bonchev–Trinajstić information content (AvgIpc) is 2.81. The Balaban J connectivity index is 1.50. The van der Waals surface area contributed by atoms with Gasteiger partial charge in [0.15, 0.2) is 5.11 Å². The van der Waals surface area contributed by atoms with Crippen LogP contribution in [0.2, 0.25) is 0 Å². The summed E-state index contributed by atoms with van der Waals surface area (Å²) in [6.45, 7) is 5.45. The van der Waals surface area contributed by atoms with E-state index in [0.717, 1.165) is 5.75 Å². The fraction of sp³-hybridized carbons (Fsp3) is 0.231. The number of carbonyl (C=O) groups excluding carboxylic acids is 1. The van der Waals surface area contributed by atoms with E-state index in [1.165, 1.54) is 0 Å². The van der Waals surface area contributed by atoms with E-state index in [-0.39, 0.29) is 11.0 Å². The van der Waals surface area contributed by atoms with Crippen LogP contribution in [0, 0.1) is 5.92 Å². The van der Waals surface area contributed by atoms with E-state index in [0.29, 0.717) is 48.5 Å². The van der Waals surface area contributed by atoms with Crippen molar-refractivity contribution in [1.29, 1.82) is 0 Å². The van der Waals surface area contributed by atoms with Gasteiger partial charge in [0.2, 0.25) is 0 Å². The molecule has 33 heavy (non-hydrogen) atoms. The van der Waals surface area contributed by atoms with Gasteiger partial charge in [0, 0.05) is 11.8 Å². The molecule has 0 heterocycles. The Morgan fingerprint density at radius 2 is 1.52 bits per heavy atom. The van der Waals surface area contributed by atoms with Crippen LogP contribution in [0.25, 0.3) is 0 Å². The lowest BCUT2D eigenvalue weighted by molar-refractivity contribution is 0.0973. The molecule has 3 aromatic carbocycles. The van der Waals surface area contributed by atoms with E-state index in [1.54, 1.807) is 24.3 Å². The molecular formula is C26H28N2O4S. The van der Waals surface area contributed by atoms with E-state index < -0.39 is 0 Å². The van der Waals surface area contributed by atoms with Crippen molar-refractivity contribution >= 4 is 28.9 Å². The second kappa shape index (κ2) is 12.5. The minimum Gasteiger partial charge on any atom is -0.492 e. The lowest BCUT2D eigenvalue weighted by Crippen LogP contribution is -2.34. The highest BCUT2D eigenvalue weighted by atomic mass is 32.1. The Morgan fingerprint density at radius 3 is 2.27 bits per heavy atom. The Labute approximate surface area is 199 Å². The van der Waals surface area contributed by atoms with Crippen molar-refractivity contribution in [3.05, 3.63) is 84.4 Å². The van der Waals surface area contributed by atoms with Crippen LogP contribution in [0.5, 0.6) is 17.2 Å². The SMILES string of the molecule is CC(C)COc1ccccc1C(=O)NC(=S)Nc1cccc(OCCOc2ccccc2)c1. The number of benzene rings is 3. The van der Waals surface area contributed by atoms with Gasteiger partial charge in [-0.1, -0.05) is 50.2 Å².